The van der Waals surface area contributed by atoms with E-state index in [0.717, 1.165) is 6.42 Å². The van der Waals surface area contributed by atoms with Crippen LogP contribution in [0, 0.1) is 0 Å². The van der Waals surface area contributed by atoms with Crippen LogP contribution >= 0.6 is 23.8 Å². The predicted octanol–water partition coefficient (Wildman–Crippen LogP) is 2.20. The number of sulfonamides is 1. The van der Waals surface area contributed by atoms with Crippen LogP contribution < -0.4 is 10.6 Å². The highest BCUT2D eigenvalue weighted by Crippen LogP contribution is 2.27. The quantitative estimate of drug-likeness (QED) is 0.380. The van der Waals surface area contributed by atoms with Gasteiger partial charge in [0.25, 0.3) is 0 Å². The molecular weight excluding hydrogens is 398 g/mol. The third kappa shape index (κ3) is 5.82. The molecule has 7 nitrogen and oxygen atoms in total. The third-order valence-electron chi connectivity index (χ3n) is 3.64. The molecule has 10 heteroatoms. The number of thiocarbonyl (C=S) groups is 1. The Balaban J connectivity index is 2.02. The molecule has 1 aromatic rings. The fourth-order valence-corrected chi connectivity index (χ4v) is 4.12. The van der Waals surface area contributed by atoms with E-state index < -0.39 is 10.0 Å². The van der Waals surface area contributed by atoms with Gasteiger partial charge in [-0.1, -0.05) is 18.2 Å². The maximum absolute atomic E-state index is 12.7. The first-order valence-corrected chi connectivity index (χ1v) is 10.3. The SMILES string of the molecule is C=COCCCNC(=S)Nc1cc(S(=O)(=O)N2CCOCC2)ccc1Cl. The van der Waals surface area contributed by atoms with Gasteiger partial charge in [0.1, 0.15) is 0 Å². The van der Waals surface area contributed by atoms with Crippen molar-refractivity contribution in [3.63, 3.8) is 0 Å². The lowest BCUT2D eigenvalue weighted by Crippen LogP contribution is -2.40. The molecule has 1 heterocycles. The predicted molar refractivity (Wildman–Crippen MR) is 106 cm³/mol. The standard InChI is InChI=1S/C16H22ClN3O4S2/c1-2-23-9-3-6-18-16(25)19-15-12-13(4-5-14(15)17)26(21,22)20-7-10-24-11-8-20/h2,4-5,12H,1,3,6-11H2,(H2,18,19,25). The zero-order chi connectivity index (χ0) is 19.0. The van der Waals surface area contributed by atoms with Crippen molar-refractivity contribution >= 4 is 44.6 Å². The highest BCUT2D eigenvalue weighted by atomic mass is 35.5. The number of hydrogen-bond donors (Lipinski definition) is 2. The number of halogens is 1. The minimum absolute atomic E-state index is 0.161. The molecule has 2 rings (SSSR count). The summed E-state index contributed by atoms with van der Waals surface area (Å²) in [7, 11) is -3.60. The Labute approximate surface area is 164 Å². The number of benzene rings is 1. The van der Waals surface area contributed by atoms with E-state index in [0.29, 0.717) is 55.3 Å². The largest absolute Gasteiger partial charge is 0.502 e. The number of nitrogens with one attached hydrogen (secondary N) is 2. The first-order valence-electron chi connectivity index (χ1n) is 8.10. The average molecular weight is 420 g/mol. The molecule has 0 spiro atoms. The topological polar surface area (TPSA) is 79.9 Å². The smallest absolute Gasteiger partial charge is 0.243 e. The number of morpholine rings is 1. The molecule has 0 saturated carbocycles. The van der Waals surface area contributed by atoms with E-state index in [9.17, 15) is 8.42 Å². The number of nitrogens with zero attached hydrogens (tertiary/aromatic N) is 1. The average Bonchev–Trinajstić information content (AvgIpc) is 2.64. The molecule has 0 unspecified atom stereocenters. The van der Waals surface area contributed by atoms with Crippen LogP contribution in [0.5, 0.6) is 0 Å². The van der Waals surface area contributed by atoms with Crippen molar-refractivity contribution in [2.75, 3.05) is 44.8 Å². The summed E-state index contributed by atoms with van der Waals surface area (Å²) in [5.74, 6) is 0. The summed E-state index contributed by atoms with van der Waals surface area (Å²) < 4.78 is 37.1. The van der Waals surface area contributed by atoms with Crippen molar-refractivity contribution in [2.45, 2.75) is 11.3 Å². The lowest BCUT2D eigenvalue weighted by Gasteiger charge is -2.26. The Morgan fingerprint density at radius 2 is 2.15 bits per heavy atom. The van der Waals surface area contributed by atoms with Gasteiger partial charge in [-0.3, -0.25) is 0 Å². The zero-order valence-corrected chi connectivity index (χ0v) is 16.6. The van der Waals surface area contributed by atoms with Gasteiger partial charge in [0, 0.05) is 19.6 Å². The van der Waals surface area contributed by atoms with Crippen LogP contribution in [0.4, 0.5) is 5.69 Å². The second kappa shape index (κ2) is 10.1. The minimum Gasteiger partial charge on any atom is -0.502 e. The van der Waals surface area contributed by atoms with Gasteiger partial charge in [0.05, 0.1) is 41.7 Å². The summed E-state index contributed by atoms with van der Waals surface area (Å²) in [5, 5.41) is 6.68. The molecule has 1 fully saturated rings. The van der Waals surface area contributed by atoms with E-state index in [1.165, 1.54) is 28.8 Å². The van der Waals surface area contributed by atoms with Gasteiger partial charge in [0.15, 0.2) is 5.11 Å². The van der Waals surface area contributed by atoms with Gasteiger partial charge in [-0.25, -0.2) is 8.42 Å². The number of hydrogen-bond acceptors (Lipinski definition) is 5. The molecule has 0 bridgehead atoms. The lowest BCUT2D eigenvalue weighted by atomic mass is 10.3. The molecule has 0 atom stereocenters. The Kier molecular flexibility index (Phi) is 8.11. The number of anilines is 1. The Morgan fingerprint density at radius 3 is 2.85 bits per heavy atom. The van der Waals surface area contributed by atoms with Crippen LogP contribution in [-0.4, -0.2) is 57.3 Å². The van der Waals surface area contributed by atoms with E-state index in [2.05, 4.69) is 17.2 Å². The van der Waals surface area contributed by atoms with Gasteiger partial charge in [-0.2, -0.15) is 4.31 Å². The van der Waals surface area contributed by atoms with E-state index >= 15 is 0 Å². The van der Waals surface area contributed by atoms with E-state index in [-0.39, 0.29) is 4.90 Å². The Hall–Kier alpha value is -1.39. The summed E-state index contributed by atoms with van der Waals surface area (Å²) in [6.07, 6.45) is 2.13. The van der Waals surface area contributed by atoms with Gasteiger partial charge < -0.3 is 20.1 Å². The first-order chi connectivity index (χ1) is 12.4. The number of rotatable bonds is 8. The fourth-order valence-electron chi connectivity index (χ4n) is 2.30. The minimum atomic E-state index is -3.60. The molecule has 1 aliphatic rings. The molecule has 0 aromatic heterocycles. The normalized spacial score (nSPS) is 15.3. The maximum atomic E-state index is 12.7. The Bertz CT molecular complexity index is 737. The van der Waals surface area contributed by atoms with Crippen LogP contribution in [-0.2, 0) is 19.5 Å². The second-order valence-corrected chi connectivity index (χ2v) is 8.18. The zero-order valence-electron chi connectivity index (χ0n) is 14.2. The molecule has 0 radical (unpaired) electrons. The van der Waals surface area contributed by atoms with Crippen molar-refractivity contribution in [3.05, 3.63) is 36.1 Å². The van der Waals surface area contributed by atoms with Crippen LogP contribution in [0.2, 0.25) is 5.02 Å². The van der Waals surface area contributed by atoms with Gasteiger partial charge in [-0.05, 0) is 36.8 Å². The van der Waals surface area contributed by atoms with Crippen LogP contribution in [0.1, 0.15) is 6.42 Å². The molecule has 0 amide bonds. The van der Waals surface area contributed by atoms with Crippen molar-refractivity contribution in [3.8, 4) is 0 Å². The second-order valence-electron chi connectivity index (χ2n) is 5.43. The van der Waals surface area contributed by atoms with E-state index in [1.807, 2.05) is 0 Å². The summed E-state index contributed by atoms with van der Waals surface area (Å²) in [4.78, 5) is 0.161. The van der Waals surface area contributed by atoms with Crippen LogP contribution in [0.15, 0.2) is 35.9 Å². The summed E-state index contributed by atoms with van der Waals surface area (Å²) >= 11 is 11.4. The summed E-state index contributed by atoms with van der Waals surface area (Å²) in [6.45, 7) is 6.05. The van der Waals surface area contributed by atoms with Gasteiger partial charge in [-0.15, -0.1) is 0 Å². The monoisotopic (exact) mass is 419 g/mol. The van der Waals surface area contributed by atoms with Crippen molar-refractivity contribution in [1.82, 2.24) is 9.62 Å². The van der Waals surface area contributed by atoms with Crippen LogP contribution in [0.25, 0.3) is 0 Å². The Morgan fingerprint density at radius 1 is 1.42 bits per heavy atom. The van der Waals surface area contributed by atoms with Gasteiger partial charge >= 0.3 is 0 Å². The molecule has 144 valence electrons. The summed E-state index contributed by atoms with van der Waals surface area (Å²) in [6, 6.07) is 4.51. The van der Waals surface area contributed by atoms with E-state index in [1.54, 1.807) is 0 Å². The van der Waals surface area contributed by atoms with Crippen molar-refractivity contribution in [1.29, 1.82) is 0 Å². The van der Waals surface area contributed by atoms with Crippen LogP contribution in [0.3, 0.4) is 0 Å². The molecule has 1 aromatic carbocycles. The molecule has 1 aliphatic heterocycles. The highest BCUT2D eigenvalue weighted by molar-refractivity contribution is 7.89. The maximum Gasteiger partial charge on any atom is 0.243 e. The first kappa shape index (κ1) is 20.9. The lowest BCUT2D eigenvalue weighted by molar-refractivity contribution is 0.0730. The number of ether oxygens (including phenoxy) is 2. The third-order valence-corrected chi connectivity index (χ3v) is 6.11. The van der Waals surface area contributed by atoms with E-state index in [4.69, 9.17) is 33.3 Å². The van der Waals surface area contributed by atoms with Crippen molar-refractivity contribution in [2.24, 2.45) is 0 Å². The molecule has 2 N–H and O–H groups in total. The molecule has 1 saturated heterocycles. The fraction of sp³-hybridized carbons (Fsp3) is 0.438. The van der Waals surface area contributed by atoms with Crippen molar-refractivity contribution < 1.29 is 17.9 Å². The molecular formula is C16H22ClN3O4S2. The summed E-state index contributed by atoms with van der Waals surface area (Å²) in [5.41, 5.74) is 0.431. The molecule has 0 aliphatic carbocycles. The highest BCUT2D eigenvalue weighted by Gasteiger charge is 2.26. The van der Waals surface area contributed by atoms with Gasteiger partial charge in [0.2, 0.25) is 10.0 Å². The molecule has 26 heavy (non-hydrogen) atoms.